The number of nitrogens with one attached hydrogen (secondary N) is 1. The summed E-state index contributed by atoms with van der Waals surface area (Å²) in [6, 6.07) is 1.87. The Hall–Kier alpha value is -2.19. The molecule has 240 valence electrons. The summed E-state index contributed by atoms with van der Waals surface area (Å²) >= 11 is 1.42. The number of amides is 1. The number of benzene rings is 1. The Kier molecular flexibility index (Phi) is 12.7. The second-order valence-corrected chi connectivity index (χ2v) is 25.1. The van der Waals surface area contributed by atoms with Crippen LogP contribution in [0, 0.1) is 6.92 Å². The van der Waals surface area contributed by atoms with Gasteiger partial charge in [-0.25, -0.2) is 9.59 Å². The number of ether oxygens (including phenoxy) is 2. The molecule has 42 heavy (non-hydrogen) atoms. The third-order valence-corrected chi connectivity index (χ3v) is 17.4. The van der Waals surface area contributed by atoms with Crippen molar-refractivity contribution in [2.24, 2.45) is 0 Å². The number of esters is 1. The van der Waals surface area contributed by atoms with Crippen molar-refractivity contribution >= 4 is 46.4 Å². The van der Waals surface area contributed by atoms with Gasteiger partial charge >= 0.3 is 18.0 Å². The number of carboxylic acids is 1. The van der Waals surface area contributed by atoms with Gasteiger partial charge in [0.2, 0.25) is 16.6 Å². The van der Waals surface area contributed by atoms with Crippen LogP contribution in [0.2, 0.25) is 36.3 Å². The molecule has 1 aromatic carbocycles. The third-order valence-electron chi connectivity index (χ3n) is 7.71. The van der Waals surface area contributed by atoms with E-state index >= 15 is 0 Å². The molecule has 0 heterocycles. The Labute approximate surface area is 259 Å². The molecule has 12 heteroatoms. The molecular formula is C30H53NO8SSi2. The van der Waals surface area contributed by atoms with Gasteiger partial charge in [0, 0.05) is 28.7 Å². The highest BCUT2D eigenvalue weighted by Crippen LogP contribution is 2.44. The molecule has 0 saturated heterocycles. The summed E-state index contributed by atoms with van der Waals surface area (Å²) in [5.41, 5.74) is 0.673. The Morgan fingerprint density at radius 3 is 1.83 bits per heavy atom. The normalized spacial score (nSPS) is 12.9. The van der Waals surface area contributed by atoms with Crippen molar-refractivity contribution in [1.29, 1.82) is 0 Å². The van der Waals surface area contributed by atoms with Crippen LogP contribution in [-0.4, -0.2) is 57.9 Å². The lowest BCUT2D eigenvalue weighted by Gasteiger charge is -2.39. The van der Waals surface area contributed by atoms with Crippen LogP contribution in [-0.2, 0) is 20.0 Å². The van der Waals surface area contributed by atoms with E-state index in [1.165, 1.54) is 11.8 Å². The molecule has 0 aliphatic carbocycles. The van der Waals surface area contributed by atoms with Crippen LogP contribution in [0.25, 0.3) is 0 Å². The number of aromatic carboxylic acids is 1. The van der Waals surface area contributed by atoms with Gasteiger partial charge in [0.05, 0.1) is 12.0 Å². The summed E-state index contributed by atoms with van der Waals surface area (Å²) in [7, 11) is -4.61. The molecule has 1 amide bonds. The van der Waals surface area contributed by atoms with Crippen LogP contribution < -0.4 is 14.2 Å². The standard InChI is InChI=1S/C30H53NO8SSi2/c1-20-22(38-41(11,12)29(5,6)7)17-23(39-42(13,14)30(8,9)10)21(25(20)26(33)34)18-40-16-15-24(32)36-19-31-27(35)37-28(2,3)4/h17H,15-16,18-19H2,1-14H3,(H,31,35)(H,33,34). The minimum absolute atomic E-state index is 0.0746. The molecule has 0 saturated carbocycles. The number of carbonyl (C=O) groups is 3. The number of rotatable bonds is 12. The minimum atomic E-state index is -2.34. The number of carboxylic acid groups (broad SMARTS) is 1. The zero-order chi connectivity index (χ0) is 32.9. The molecule has 9 nitrogen and oxygen atoms in total. The average Bonchev–Trinajstić information content (AvgIpc) is 2.75. The first-order chi connectivity index (χ1) is 18.8. The molecule has 0 aliphatic rings. The van der Waals surface area contributed by atoms with Crippen molar-refractivity contribution in [3.8, 4) is 11.5 Å². The highest BCUT2D eigenvalue weighted by molar-refractivity contribution is 7.98. The predicted molar refractivity (Wildman–Crippen MR) is 175 cm³/mol. The van der Waals surface area contributed by atoms with Crippen LogP contribution in [0.15, 0.2) is 6.07 Å². The van der Waals surface area contributed by atoms with Crippen LogP contribution in [0.4, 0.5) is 4.79 Å². The Balaban J connectivity index is 3.21. The van der Waals surface area contributed by atoms with E-state index < -0.39 is 40.3 Å². The lowest BCUT2D eigenvalue weighted by atomic mass is 10.0. The lowest BCUT2D eigenvalue weighted by molar-refractivity contribution is -0.143. The summed E-state index contributed by atoms with van der Waals surface area (Å²) in [4.78, 5) is 36.6. The van der Waals surface area contributed by atoms with E-state index in [4.69, 9.17) is 18.3 Å². The van der Waals surface area contributed by atoms with Crippen LogP contribution in [0.5, 0.6) is 11.5 Å². The maximum absolute atomic E-state index is 12.7. The van der Waals surface area contributed by atoms with Crippen molar-refractivity contribution in [1.82, 2.24) is 5.32 Å². The molecule has 0 unspecified atom stereocenters. The smallest absolute Gasteiger partial charge is 0.410 e. The van der Waals surface area contributed by atoms with Gasteiger partial charge in [-0.2, -0.15) is 11.8 Å². The summed E-state index contributed by atoms with van der Waals surface area (Å²) < 4.78 is 23.6. The monoisotopic (exact) mass is 643 g/mol. The molecule has 1 rings (SSSR count). The van der Waals surface area contributed by atoms with E-state index in [0.717, 1.165) is 0 Å². The van der Waals surface area contributed by atoms with E-state index in [1.807, 2.05) is 6.07 Å². The first kappa shape index (κ1) is 37.8. The zero-order valence-electron chi connectivity index (χ0n) is 28.1. The first-order valence-corrected chi connectivity index (χ1v) is 21.2. The molecular weight excluding hydrogens is 591 g/mol. The van der Waals surface area contributed by atoms with Crippen LogP contribution in [0.3, 0.4) is 0 Å². The average molecular weight is 644 g/mol. The van der Waals surface area contributed by atoms with Gasteiger partial charge in [-0.05, 0) is 64.0 Å². The molecule has 0 atom stereocenters. The van der Waals surface area contributed by atoms with E-state index in [-0.39, 0.29) is 28.8 Å². The fourth-order valence-corrected chi connectivity index (χ4v) is 6.22. The van der Waals surface area contributed by atoms with Crippen LogP contribution >= 0.6 is 11.8 Å². The molecule has 1 aromatic rings. The summed E-state index contributed by atoms with van der Waals surface area (Å²) in [6.07, 6.45) is -0.580. The van der Waals surface area contributed by atoms with Crippen molar-refractivity contribution in [3.05, 3.63) is 22.8 Å². The van der Waals surface area contributed by atoms with Gasteiger partial charge < -0.3 is 23.4 Å². The molecule has 0 spiro atoms. The molecule has 0 aliphatic heterocycles. The third kappa shape index (κ3) is 11.1. The Bertz CT molecular complexity index is 1130. The second-order valence-electron chi connectivity index (χ2n) is 14.5. The van der Waals surface area contributed by atoms with E-state index in [0.29, 0.717) is 34.1 Å². The van der Waals surface area contributed by atoms with E-state index in [2.05, 4.69) is 73.0 Å². The number of hydrogen-bond donors (Lipinski definition) is 2. The van der Waals surface area contributed by atoms with Gasteiger partial charge in [0.25, 0.3) is 0 Å². The van der Waals surface area contributed by atoms with Crippen LogP contribution in [0.1, 0.15) is 90.2 Å². The SMILES string of the molecule is Cc1c(O[Si](C)(C)C(C)(C)C)cc(O[Si](C)(C)C(C)(C)C)c(CSCCC(=O)OCNC(=O)OC(C)(C)C)c1C(=O)O. The topological polar surface area (TPSA) is 120 Å². The zero-order valence-corrected chi connectivity index (χ0v) is 30.9. The summed E-state index contributed by atoms with van der Waals surface area (Å²) in [5, 5.41) is 12.6. The molecule has 2 N–H and O–H groups in total. The van der Waals surface area contributed by atoms with Gasteiger partial charge in [-0.15, -0.1) is 0 Å². The number of alkyl carbamates (subject to hydrolysis) is 1. The first-order valence-electron chi connectivity index (χ1n) is 14.3. The van der Waals surface area contributed by atoms with Crippen molar-refractivity contribution in [2.75, 3.05) is 12.5 Å². The highest BCUT2D eigenvalue weighted by Gasteiger charge is 2.42. The number of hydrogen-bond acceptors (Lipinski definition) is 8. The van der Waals surface area contributed by atoms with Gasteiger partial charge in [0.1, 0.15) is 17.1 Å². The Morgan fingerprint density at radius 1 is 0.881 bits per heavy atom. The number of carbonyl (C=O) groups excluding carboxylic acids is 2. The van der Waals surface area contributed by atoms with Crippen molar-refractivity contribution < 1.29 is 37.8 Å². The highest BCUT2D eigenvalue weighted by atomic mass is 32.2. The second kappa shape index (κ2) is 14.1. The van der Waals surface area contributed by atoms with Crippen molar-refractivity contribution in [3.63, 3.8) is 0 Å². The quantitative estimate of drug-likeness (QED) is 0.101. The molecule has 0 radical (unpaired) electrons. The summed E-state index contributed by atoms with van der Waals surface area (Å²) in [5.74, 6) is 0.263. The van der Waals surface area contributed by atoms with Gasteiger partial charge in [0.15, 0.2) is 6.73 Å². The lowest BCUT2D eigenvalue weighted by Crippen LogP contribution is -2.45. The largest absolute Gasteiger partial charge is 0.543 e. The van der Waals surface area contributed by atoms with Gasteiger partial charge in [-0.1, -0.05) is 41.5 Å². The molecule has 0 bridgehead atoms. The predicted octanol–water partition coefficient (Wildman–Crippen LogP) is 8.11. The fourth-order valence-electron chi connectivity index (χ4n) is 3.16. The maximum atomic E-state index is 12.7. The van der Waals surface area contributed by atoms with E-state index in [9.17, 15) is 19.5 Å². The fraction of sp³-hybridized carbons (Fsp3) is 0.700. The minimum Gasteiger partial charge on any atom is -0.543 e. The summed E-state index contributed by atoms with van der Waals surface area (Å²) in [6.45, 7) is 28.1. The maximum Gasteiger partial charge on any atom is 0.410 e. The Morgan fingerprint density at radius 2 is 1.38 bits per heavy atom. The molecule has 0 fully saturated rings. The molecule has 0 aromatic heterocycles. The van der Waals surface area contributed by atoms with Crippen molar-refractivity contribution in [2.45, 2.75) is 123 Å². The van der Waals surface area contributed by atoms with E-state index in [1.54, 1.807) is 27.7 Å². The van der Waals surface area contributed by atoms with Gasteiger partial charge in [-0.3, -0.25) is 10.1 Å². The number of thioether (sulfide) groups is 1.